The van der Waals surface area contributed by atoms with E-state index in [-0.39, 0.29) is 11.8 Å². The molecule has 2 unspecified atom stereocenters. The smallest absolute Gasteiger partial charge is 0.408 e. The van der Waals surface area contributed by atoms with Gasteiger partial charge in [0, 0.05) is 16.6 Å². The van der Waals surface area contributed by atoms with Crippen LogP contribution in [0.1, 0.15) is 93.3 Å². The van der Waals surface area contributed by atoms with Crippen LogP contribution in [0, 0.1) is 18.3 Å². The van der Waals surface area contributed by atoms with Crippen molar-refractivity contribution in [2.45, 2.75) is 105 Å². The van der Waals surface area contributed by atoms with Gasteiger partial charge in [0.1, 0.15) is 17.7 Å². The standard InChI is InChI=1S/C28H43N3O4/c1-13-19-16-14-15-17-20(19)22(23(32)30-26(4,5)6)31(27(7,8)9)24(33)21(18(2)3)29-25(34)35-28(10,11)12/h1,14-18,21-22H,2-12H3,(H,29,34)(H,30,32). The number of terminal acetylenes is 1. The lowest BCUT2D eigenvalue weighted by molar-refractivity contribution is -0.149. The molecule has 7 heteroatoms. The van der Waals surface area contributed by atoms with Gasteiger partial charge in [0.15, 0.2) is 0 Å². The summed E-state index contributed by atoms with van der Waals surface area (Å²) in [6.07, 6.45) is 5.08. The maximum atomic E-state index is 14.1. The van der Waals surface area contributed by atoms with Crippen molar-refractivity contribution in [2.75, 3.05) is 0 Å². The predicted octanol–water partition coefficient (Wildman–Crippen LogP) is 4.80. The van der Waals surface area contributed by atoms with Crippen LogP contribution in [0.3, 0.4) is 0 Å². The van der Waals surface area contributed by atoms with Crippen LogP contribution in [-0.2, 0) is 14.3 Å². The summed E-state index contributed by atoms with van der Waals surface area (Å²) in [6, 6.07) is 5.15. The molecule has 0 radical (unpaired) electrons. The fraction of sp³-hybridized carbons (Fsp3) is 0.607. The van der Waals surface area contributed by atoms with Gasteiger partial charge < -0.3 is 20.3 Å². The van der Waals surface area contributed by atoms with E-state index in [4.69, 9.17) is 11.2 Å². The minimum Gasteiger partial charge on any atom is -0.444 e. The van der Waals surface area contributed by atoms with Crippen molar-refractivity contribution in [1.82, 2.24) is 15.5 Å². The molecule has 35 heavy (non-hydrogen) atoms. The lowest BCUT2D eigenvalue weighted by Gasteiger charge is -2.44. The third-order valence-corrected chi connectivity index (χ3v) is 4.98. The van der Waals surface area contributed by atoms with Crippen LogP contribution < -0.4 is 10.6 Å². The normalized spacial score (nSPS) is 13.9. The Labute approximate surface area is 211 Å². The van der Waals surface area contributed by atoms with Crippen LogP contribution in [0.25, 0.3) is 0 Å². The molecule has 0 fully saturated rings. The monoisotopic (exact) mass is 485 g/mol. The average molecular weight is 486 g/mol. The molecular weight excluding hydrogens is 442 g/mol. The molecule has 0 heterocycles. The second-order valence-electron chi connectivity index (χ2n) is 12.1. The SMILES string of the molecule is C#Cc1ccccc1C(C(=O)NC(C)(C)C)N(C(=O)C(NC(=O)OC(C)(C)C)C(C)C)C(C)(C)C. The molecule has 0 aliphatic carbocycles. The topological polar surface area (TPSA) is 87.7 Å². The highest BCUT2D eigenvalue weighted by atomic mass is 16.6. The molecule has 0 spiro atoms. The molecular formula is C28H43N3O4. The van der Waals surface area contributed by atoms with Crippen LogP contribution in [0.15, 0.2) is 24.3 Å². The molecule has 7 nitrogen and oxygen atoms in total. The number of nitrogens with one attached hydrogen (secondary N) is 2. The molecule has 0 saturated heterocycles. The van der Waals surface area contributed by atoms with Crippen molar-refractivity contribution in [3.05, 3.63) is 35.4 Å². The van der Waals surface area contributed by atoms with Gasteiger partial charge in [-0.1, -0.05) is 38.0 Å². The first-order chi connectivity index (χ1) is 15.8. The first-order valence-corrected chi connectivity index (χ1v) is 12.0. The molecule has 0 saturated carbocycles. The van der Waals surface area contributed by atoms with Gasteiger partial charge in [0.2, 0.25) is 11.8 Å². The summed E-state index contributed by atoms with van der Waals surface area (Å²) in [5, 5.41) is 5.73. The van der Waals surface area contributed by atoms with Gasteiger partial charge in [0.25, 0.3) is 0 Å². The van der Waals surface area contributed by atoms with Crippen LogP contribution in [-0.4, -0.2) is 45.5 Å². The summed E-state index contributed by atoms with van der Waals surface area (Å²) >= 11 is 0. The van der Waals surface area contributed by atoms with Crippen molar-refractivity contribution in [3.63, 3.8) is 0 Å². The Morgan fingerprint density at radius 1 is 0.971 bits per heavy atom. The number of hydrogen-bond donors (Lipinski definition) is 2. The molecule has 3 amide bonds. The zero-order chi connectivity index (χ0) is 27.4. The quantitative estimate of drug-likeness (QED) is 0.567. The number of nitrogens with zero attached hydrogens (tertiary/aromatic N) is 1. The van der Waals surface area contributed by atoms with Gasteiger partial charge in [-0.15, -0.1) is 6.42 Å². The van der Waals surface area contributed by atoms with E-state index in [9.17, 15) is 14.4 Å². The molecule has 0 aliphatic heterocycles. The third-order valence-electron chi connectivity index (χ3n) is 4.98. The summed E-state index contributed by atoms with van der Waals surface area (Å²) < 4.78 is 5.40. The van der Waals surface area contributed by atoms with Gasteiger partial charge >= 0.3 is 6.09 Å². The lowest BCUT2D eigenvalue weighted by atomic mass is 9.90. The van der Waals surface area contributed by atoms with Crippen LogP contribution >= 0.6 is 0 Å². The number of benzene rings is 1. The minimum absolute atomic E-state index is 0.269. The van der Waals surface area contributed by atoms with Crippen molar-refractivity contribution in [2.24, 2.45) is 5.92 Å². The van der Waals surface area contributed by atoms with Crippen molar-refractivity contribution in [3.8, 4) is 12.3 Å². The Balaban J connectivity index is 3.68. The maximum absolute atomic E-state index is 14.1. The summed E-state index contributed by atoms with van der Waals surface area (Å²) in [7, 11) is 0. The molecule has 2 atom stereocenters. The fourth-order valence-corrected chi connectivity index (χ4v) is 3.65. The molecule has 1 aromatic rings. The summed E-state index contributed by atoms with van der Waals surface area (Å²) in [4.78, 5) is 42.0. The number of amides is 3. The van der Waals surface area contributed by atoms with Crippen LogP contribution in [0.5, 0.6) is 0 Å². The first kappa shape index (κ1) is 30.0. The number of rotatable bonds is 6. The van der Waals surface area contributed by atoms with Crippen molar-refractivity contribution in [1.29, 1.82) is 0 Å². The van der Waals surface area contributed by atoms with E-state index in [2.05, 4.69) is 16.6 Å². The fourth-order valence-electron chi connectivity index (χ4n) is 3.65. The Morgan fingerprint density at radius 2 is 1.51 bits per heavy atom. The van der Waals surface area contributed by atoms with E-state index >= 15 is 0 Å². The summed E-state index contributed by atoms with van der Waals surface area (Å²) in [6.45, 7) is 20.1. The molecule has 0 aliphatic rings. The van der Waals surface area contributed by atoms with Crippen LogP contribution in [0.2, 0.25) is 0 Å². The van der Waals surface area contributed by atoms with Gasteiger partial charge in [-0.05, 0) is 79.9 Å². The number of alkyl carbamates (subject to hydrolysis) is 1. The average Bonchev–Trinajstić information content (AvgIpc) is 2.65. The molecule has 2 N–H and O–H groups in total. The van der Waals surface area contributed by atoms with E-state index < -0.39 is 40.8 Å². The number of carbonyl (C=O) groups excluding carboxylic acids is 3. The minimum atomic E-state index is -1.02. The summed E-state index contributed by atoms with van der Waals surface area (Å²) in [5.41, 5.74) is -0.996. The highest BCUT2D eigenvalue weighted by molar-refractivity contribution is 5.93. The Kier molecular flexibility index (Phi) is 9.57. The van der Waals surface area contributed by atoms with Gasteiger partial charge in [-0.3, -0.25) is 9.59 Å². The molecule has 1 aromatic carbocycles. The number of ether oxygens (including phenoxy) is 1. The Hall–Kier alpha value is -3.01. The highest BCUT2D eigenvalue weighted by Gasteiger charge is 2.43. The zero-order valence-electron chi connectivity index (χ0n) is 23.2. The molecule has 0 aromatic heterocycles. The number of carbonyl (C=O) groups is 3. The Morgan fingerprint density at radius 3 is 1.94 bits per heavy atom. The zero-order valence-corrected chi connectivity index (χ0v) is 23.2. The second-order valence-corrected chi connectivity index (χ2v) is 12.1. The van der Waals surface area contributed by atoms with Crippen LogP contribution in [0.4, 0.5) is 4.79 Å². The van der Waals surface area contributed by atoms with E-state index in [0.717, 1.165) is 0 Å². The van der Waals surface area contributed by atoms with Gasteiger partial charge in [-0.25, -0.2) is 4.79 Å². The van der Waals surface area contributed by atoms with Gasteiger partial charge in [0.05, 0.1) is 0 Å². The van der Waals surface area contributed by atoms with Gasteiger partial charge in [-0.2, -0.15) is 0 Å². The molecule has 0 bridgehead atoms. The Bertz CT molecular complexity index is 956. The number of hydrogen-bond acceptors (Lipinski definition) is 4. The summed E-state index contributed by atoms with van der Waals surface area (Å²) in [5.74, 6) is 1.61. The van der Waals surface area contributed by atoms with Crippen molar-refractivity contribution >= 4 is 17.9 Å². The first-order valence-electron chi connectivity index (χ1n) is 12.0. The molecule has 194 valence electrons. The largest absolute Gasteiger partial charge is 0.444 e. The lowest BCUT2D eigenvalue weighted by Crippen LogP contribution is -2.60. The van der Waals surface area contributed by atoms with E-state index in [0.29, 0.717) is 11.1 Å². The van der Waals surface area contributed by atoms with E-state index in [1.807, 2.05) is 55.4 Å². The maximum Gasteiger partial charge on any atom is 0.408 e. The van der Waals surface area contributed by atoms with E-state index in [1.54, 1.807) is 45.0 Å². The molecule has 1 rings (SSSR count). The van der Waals surface area contributed by atoms with Crippen molar-refractivity contribution < 1.29 is 19.1 Å². The third kappa shape index (κ3) is 8.93. The van der Waals surface area contributed by atoms with E-state index in [1.165, 1.54) is 4.90 Å². The second kappa shape index (κ2) is 11.2. The highest BCUT2D eigenvalue weighted by Crippen LogP contribution is 2.33. The predicted molar refractivity (Wildman–Crippen MR) is 140 cm³/mol.